The number of ether oxygens (including phenoxy) is 4. The third kappa shape index (κ3) is 13.5. The summed E-state index contributed by atoms with van der Waals surface area (Å²) in [5, 5.41) is 3.47. The second-order valence-electron chi connectivity index (χ2n) is 8.24. The first-order valence-corrected chi connectivity index (χ1v) is 10.8. The molecule has 1 aliphatic heterocycles. The van der Waals surface area contributed by atoms with Crippen LogP contribution >= 0.6 is 0 Å². The van der Waals surface area contributed by atoms with E-state index in [1.807, 2.05) is 20.8 Å². The van der Waals surface area contributed by atoms with Gasteiger partial charge in [0.05, 0.1) is 39.5 Å². The minimum Gasteiger partial charge on any atom is -0.460 e. The van der Waals surface area contributed by atoms with E-state index in [0.717, 1.165) is 45.3 Å². The summed E-state index contributed by atoms with van der Waals surface area (Å²) < 4.78 is 21.4. The number of esters is 1. The molecule has 0 aromatic heterocycles. The molecule has 8 heteroatoms. The third-order valence-electron chi connectivity index (χ3n) is 4.40. The van der Waals surface area contributed by atoms with Crippen molar-refractivity contribution in [2.75, 3.05) is 52.7 Å². The summed E-state index contributed by atoms with van der Waals surface area (Å²) >= 11 is 0. The van der Waals surface area contributed by atoms with Crippen LogP contribution in [0.4, 0.5) is 4.79 Å². The van der Waals surface area contributed by atoms with Crippen LogP contribution in [0, 0.1) is 0 Å². The normalized spacial score (nSPS) is 15.4. The number of unbranched alkanes of at least 4 members (excludes halogenated alkanes) is 1. The molecule has 1 aliphatic rings. The largest absolute Gasteiger partial charge is 0.460 e. The molecule has 1 fully saturated rings. The molecular weight excluding hydrogens is 376 g/mol. The van der Waals surface area contributed by atoms with Crippen molar-refractivity contribution in [2.45, 2.75) is 71.4 Å². The van der Waals surface area contributed by atoms with Gasteiger partial charge in [-0.3, -0.25) is 4.79 Å². The molecule has 0 aromatic rings. The third-order valence-corrected chi connectivity index (χ3v) is 4.40. The topological polar surface area (TPSA) is 86.3 Å². The van der Waals surface area contributed by atoms with Crippen molar-refractivity contribution < 1.29 is 28.5 Å². The Labute approximate surface area is 175 Å². The van der Waals surface area contributed by atoms with Crippen LogP contribution in [0.1, 0.15) is 59.8 Å². The first-order valence-electron chi connectivity index (χ1n) is 10.8. The predicted molar refractivity (Wildman–Crippen MR) is 111 cm³/mol. The number of nitrogens with one attached hydrogen (secondary N) is 1. The summed E-state index contributed by atoms with van der Waals surface area (Å²) in [5.41, 5.74) is -0.457. The van der Waals surface area contributed by atoms with Crippen LogP contribution in [0.15, 0.2) is 0 Å². The van der Waals surface area contributed by atoms with E-state index in [1.165, 1.54) is 0 Å². The number of likely N-dealkylation sites (tertiary alicyclic amines) is 1. The minimum atomic E-state index is -0.457. The molecule has 0 atom stereocenters. The molecule has 170 valence electrons. The Morgan fingerprint density at radius 3 is 2.28 bits per heavy atom. The maximum absolute atomic E-state index is 11.9. The standard InChI is InChI=1S/C21H40N2O6/c1-5-6-13-28-20(25)23-11-7-18(8-12-23)22-10-15-27-17-16-26-14-9-19(24)29-21(2,3)4/h18,22H,5-17H2,1-4H3. The van der Waals surface area contributed by atoms with Crippen molar-refractivity contribution in [2.24, 2.45) is 0 Å². The fourth-order valence-corrected chi connectivity index (χ4v) is 2.87. The van der Waals surface area contributed by atoms with E-state index in [4.69, 9.17) is 18.9 Å². The second kappa shape index (κ2) is 14.6. The number of rotatable bonds is 13. The lowest BCUT2D eigenvalue weighted by atomic mass is 10.1. The zero-order valence-electron chi connectivity index (χ0n) is 18.7. The Morgan fingerprint density at radius 2 is 1.66 bits per heavy atom. The van der Waals surface area contributed by atoms with Gasteiger partial charge in [0, 0.05) is 25.7 Å². The Morgan fingerprint density at radius 1 is 1.00 bits per heavy atom. The molecule has 1 amide bonds. The second-order valence-corrected chi connectivity index (χ2v) is 8.24. The van der Waals surface area contributed by atoms with Gasteiger partial charge in [0.1, 0.15) is 5.60 Å². The van der Waals surface area contributed by atoms with Crippen molar-refractivity contribution >= 4 is 12.1 Å². The van der Waals surface area contributed by atoms with Crippen LogP contribution in [0.3, 0.4) is 0 Å². The van der Waals surface area contributed by atoms with Crippen LogP contribution in [-0.4, -0.2) is 81.3 Å². The highest BCUT2D eigenvalue weighted by molar-refractivity contribution is 5.69. The van der Waals surface area contributed by atoms with E-state index >= 15 is 0 Å². The van der Waals surface area contributed by atoms with Gasteiger partial charge >= 0.3 is 12.1 Å². The lowest BCUT2D eigenvalue weighted by Gasteiger charge is -2.31. The molecular formula is C21H40N2O6. The van der Waals surface area contributed by atoms with Crippen LogP contribution in [0.2, 0.25) is 0 Å². The first-order chi connectivity index (χ1) is 13.8. The molecule has 1 heterocycles. The summed E-state index contributed by atoms with van der Waals surface area (Å²) in [7, 11) is 0. The summed E-state index contributed by atoms with van der Waals surface area (Å²) in [6, 6.07) is 0.406. The molecule has 0 bridgehead atoms. The number of piperidine rings is 1. The van der Waals surface area contributed by atoms with E-state index < -0.39 is 5.60 Å². The lowest BCUT2D eigenvalue weighted by molar-refractivity contribution is -0.156. The molecule has 0 aromatic carbocycles. The lowest BCUT2D eigenvalue weighted by Crippen LogP contribution is -2.45. The highest BCUT2D eigenvalue weighted by Crippen LogP contribution is 2.11. The monoisotopic (exact) mass is 416 g/mol. The van der Waals surface area contributed by atoms with Crippen molar-refractivity contribution in [3.63, 3.8) is 0 Å². The van der Waals surface area contributed by atoms with Crippen LogP contribution in [0.5, 0.6) is 0 Å². The SMILES string of the molecule is CCCCOC(=O)N1CCC(NCCOCCOCCC(=O)OC(C)(C)C)CC1. The summed E-state index contributed by atoms with van der Waals surface area (Å²) in [4.78, 5) is 25.2. The van der Waals surface area contributed by atoms with Gasteiger partial charge in [-0.05, 0) is 40.0 Å². The van der Waals surface area contributed by atoms with Crippen molar-refractivity contribution in [1.82, 2.24) is 10.2 Å². The zero-order chi connectivity index (χ0) is 21.5. The average Bonchev–Trinajstić information content (AvgIpc) is 2.66. The van der Waals surface area contributed by atoms with Gasteiger partial charge in [-0.1, -0.05) is 13.3 Å². The molecule has 1 rings (SSSR count). The van der Waals surface area contributed by atoms with E-state index in [0.29, 0.717) is 39.1 Å². The Balaban J connectivity index is 1.92. The smallest absolute Gasteiger partial charge is 0.409 e. The predicted octanol–water partition coefficient (Wildman–Crippen LogP) is 2.74. The molecule has 0 unspecified atom stereocenters. The number of hydrogen-bond donors (Lipinski definition) is 1. The number of nitrogens with zero attached hydrogens (tertiary/aromatic N) is 1. The number of amides is 1. The van der Waals surface area contributed by atoms with Crippen LogP contribution in [-0.2, 0) is 23.7 Å². The highest BCUT2D eigenvalue weighted by atomic mass is 16.6. The number of hydrogen-bond acceptors (Lipinski definition) is 7. The fraction of sp³-hybridized carbons (Fsp3) is 0.905. The Kier molecular flexibility index (Phi) is 12.9. The molecule has 1 saturated heterocycles. The van der Waals surface area contributed by atoms with E-state index in [-0.39, 0.29) is 18.5 Å². The summed E-state index contributed by atoms with van der Waals surface area (Å²) in [5.74, 6) is -0.247. The molecule has 0 saturated carbocycles. The van der Waals surface area contributed by atoms with Gasteiger partial charge in [-0.2, -0.15) is 0 Å². The quantitative estimate of drug-likeness (QED) is 0.365. The number of carbonyl (C=O) groups is 2. The van der Waals surface area contributed by atoms with Gasteiger partial charge in [0.2, 0.25) is 0 Å². The van der Waals surface area contributed by atoms with Crippen molar-refractivity contribution in [3.05, 3.63) is 0 Å². The van der Waals surface area contributed by atoms with Crippen molar-refractivity contribution in [3.8, 4) is 0 Å². The van der Waals surface area contributed by atoms with E-state index in [2.05, 4.69) is 12.2 Å². The average molecular weight is 417 g/mol. The minimum absolute atomic E-state index is 0.188. The maximum Gasteiger partial charge on any atom is 0.409 e. The van der Waals surface area contributed by atoms with Crippen LogP contribution < -0.4 is 5.32 Å². The first kappa shape index (κ1) is 25.7. The molecule has 8 nitrogen and oxygen atoms in total. The van der Waals surface area contributed by atoms with Crippen molar-refractivity contribution in [1.29, 1.82) is 0 Å². The fourth-order valence-electron chi connectivity index (χ4n) is 2.87. The maximum atomic E-state index is 11.9. The summed E-state index contributed by atoms with van der Waals surface area (Å²) in [6.45, 7) is 12.3. The summed E-state index contributed by atoms with van der Waals surface area (Å²) in [6.07, 6.45) is 3.86. The molecule has 1 N–H and O–H groups in total. The zero-order valence-corrected chi connectivity index (χ0v) is 18.7. The molecule has 0 spiro atoms. The van der Waals surface area contributed by atoms with Crippen LogP contribution in [0.25, 0.3) is 0 Å². The molecule has 0 aliphatic carbocycles. The Hall–Kier alpha value is -1.38. The highest BCUT2D eigenvalue weighted by Gasteiger charge is 2.23. The number of carbonyl (C=O) groups excluding carboxylic acids is 2. The van der Waals surface area contributed by atoms with Gasteiger partial charge in [0.15, 0.2) is 0 Å². The van der Waals surface area contributed by atoms with Gasteiger partial charge in [-0.25, -0.2) is 4.79 Å². The van der Waals surface area contributed by atoms with Gasteiger partial charge in [-0.15, -0.1) is 0 Å². The van der Waals surface area contributed by atoms with E-state index in [9.17, 15) is 9.59 Å². The molecule has 29 heavy (non-hydrogen) atoms. The molecule has 0 radical (unpaired) electrons. The van der Waals surface area contributed by atoms with E-state index in [1.54, 1.807) is 4.90 Å². The van der Waals surface area contributed by atoms with Gasteiger partial charge in [0.25, 0.3) is 0 Å². The van der Waals surface area contributed by atoms with Gasteiger partial charge < -0.3 is 29.2 Å². The Bertz CT molecular complexity index is 459.